The molecule has 1 amide bonds. The van der Waals surface area contributed by atoms with Crippen molar-refractivity contribution in [2.75, 3.05) is 0 Å². The Bertz CT molecular complexity index is 763. The fraction of sp³-hybridized carbons (Fsp3) is 0.111. The molecule has 21 heavy (non-hydrogen) atoms. The number of fused-ring (bicyclic) bond motifs is 1. The smallest absolute Gasteiger partial charge is 0.252 e. The Kier molecular flexibility index (Phi) is 3.65. The quantitative estimate of drug-likeness (QED) is 0.792. The van der Waals surface area contributed by atoms with Crippen LogP contribution in [0.2, 0.25) is 0 Å². The number of hydrogen-bond acceptors (Lipinski definition) is 2. The van der Waals surface area contributed by atoms with E-state index in [0.717, 1.165) is 16.3 Å². The summed E-state index contributed by atoms with van der Waals surface area (Å²) in [5.74, 6) is -0.0592. The number of carbonyl (C=O) groups excluding carboxylic acids is 1. The van der Waals surface area contributed by atoms with E-state index < -0.39 is 0 Å². The van der Waals surface area contributed by atoms with Gasteiger partial charge in [-0.1, -0.05) is 36.4 Å². The van der Waals surface area contributed by atoms with Gasteiger partial charge in [-0.15, -0.1) is 0 Å². The first-order valence-corrected chi connectivity index (χ1v) is 6.94. The summed E-state index contributed by atoms with van der Waals surface area (Å²) in [6, 6.07) is 17.5. The molecule has 0 fully saturated rings. The SMILES string of the molecule is C[C@H](NC(=O)c1cccc2ccccc12)c1ccncc1. The predicted octanol–water partition coefficient (Wildman–Crippen LogP) is 3.73. The standard InChI is InChI=1S/C18H16N2O/c1-13(14-9-11-19-12-10-14)20-18(21)17-8-4-6-15-5-2-3-7-16(15)17/h2-13H,1H3,(H,20,21)/t13-/m0/s1. The lowest BCUT2D eigenvalue weighted by molar-refractivity contribution is 0.0941. The number of pyridine rings is 1. The van der Waals surface area contributed by atoms with E-state index in [2.05, 4.69) is 10.3 Å². The Balaban J connectivity index is 1.88. The maximum absolute atomic E-state index is 12.5. The highest BCUT2D eigenvalue weighted by atomic mass is 16.1. The molecule has 3 aromatic rings. The van der Waals surface area contributed by atoms with Crippen LogP contribution in [-0.2, 0) is 0 Å². The van der Waals surface area contributed by atoms with Crippen molar-refractivity contribution in [1.82, 2.24) is 10.3 Å². The van der Waals surface area contributed by atoms with Gasteiger partial charge in [-0.3, -0.25) is 9.78 Å². The topological polar surface area (TPSA) is 42.0 Å². The van der Waals surface area contributed by atoms with Crippen LogP contribution < -0.4 is 5.32 Å². The molecule has 0 aliphatic carbocycles. The molecule has 3 nitrogen and oxygen atoms in total. The number of carbonyl (C=O) groups is 1. The lowest BCUT2D eigenvalue weighted by Crippen LogP contribution is -2.26. The zero-order valence-corrected chi connectivity index (χ0v) is 11.8. The average Bonchev–Trinajstić information content (AvgIpc) is 2.55. The van der Waals surface area contributed by atoms with E-state index >= 15 is 0 Å². The van der Waals surface area contributed by atoms with Gasteiger partial charge in [0.05, 0.1) is 6.04 Å². The molecule has 1 atom stereocenters. The van der Waals surface area contributed by atoms with Crippen LogP contribution in [0.25, 0.3) is 10.8 Å². The molecule has 2 aromatic carbocycles. The molecule has 3 rings (SSSR count). The highest BCUT2D eigenvalue weighted by Crippen LogP contribution is 2.19. The Morgan fingerprint density at radius 2 is 1.71 bits per heavy atom. The van der Waals surface area contributed by atoms with E-state index in [1.54, 1.807) is 12.4 Å². The third kappa shape index (κ3) is 2.77. The molecule has 1 N–H and O–H groups in total. The van der Waals surface area contributed by atoms with Crippen molar-refractivity contribution in [2.45, 2.75) is 13.0 Å². The summed E-state index contributed by atoms with van der Waals surface area (Å²) in [6.45, 7) is 1.97. The molecule has 1 heterocycles. The Labute approximate surface area is 123 Å². The molecular formula is C18H16N2O. The molecule has 0 aliphatic rings. The Hall–Kier alpha value is -2.68. The van der Waals surface area contributed by atoms with Crippen LogP contribution in [0.15, 0.2) is 67.0 Å². The fourth-order valence-corrected chi connectivity index (χ4v) is 2.43. The lowest BCUT2D eigenvalue weighted by atomic mass is 10.0. The second-order valence-corrected chi connectivity index (χ2v) is 5.00. The minimum atomic E-state index is -0.0592. The van der Waals surface area contributed by atoms with Gasteiger partial charge >= 0.3 is 0 Å². The first-order chi connectivity index (χ1) is 10.3. The second kappa shape index (κ2) is 5.75. The molecule has 1 aromatic heterocycles. The van der Waals surface area contributed by atoms with Gasteiger partial charge in [-0.05, 0) is 41.5 Å². The van der Waals surface area contributed by atoms with E-state index in [1.807, 2.05) is 61.5 Å². The molecule has 0 spiro atoms. The molecule has 0 bridgehead atoms. The third-order valence-corrected chi connectivity index (χ3v) is 3.59. The van der Waals surface area contributed by atoms with Crippen molar-refractivity contribution >= 4 is 16.7 Å². The predicted molar refractivity (Wildman–Crippen MR) is 84.1 cm³/mol. The Morgan fingerprint density at radius 1 is 1.00 bits per heavy atom. The average molecular weight is 276 g/mol. The molecule has 0 saturated heterocycles. The van der Waals surface area contributed by atoms with Gasteiger partial charge in [-0.2, -0.15) is 0 Å². The van der Waals surface area contributed by atoms with Crippen molar-refractivity contribution < 1.29 is 4.79 Å². The van der Waals surface area contributed by atoms with Crippen LogP contribution >= 0.6 is 0 Å². The van der Waals surface area contributed by atoms with Crippen LogP contribution in [-0.4, -0.2) is 10.9 Å². The maximum Gasteiger partial charge on any atom is 0.252 e. The molecule has 0 unspecified atom stereocenters. The molecule has 3 heteroatoms. The molecule has 0 saturated carbocycles. The summed E-state index contributed by atoms with van der Waals surface area (Å²) >= 11 is 0. The molecular weight excluding hydrogens is 260 g/mol. The van der Waals surface area contributed by atoms with E-state index in [-0.39, 0.29) is 11.9 Å². The van der Waals surface area contributed by atoms with Gasteiger partial charge in [-0.25, -0.2) is 0 Å². The van der Waals surface area contributed by atoms with Crippen LogP contribution in [0.4, 0.5) is 0 Å². The fourth-order valence-electron chi connectivity index (χ4n) is 2.43. The van der Waals surface area contributed by atoms with E-state index in [4.69, 9.17) is 0 Å². The zero-order valence-electron chi connectivity index (χ0n) is 11.8. The van der Waals surface area contributed by atoms with Gasteiger partial charge in [0.2, 0.25) is 0 Å². The van der Waals surface area contributed by atoms with Gasteiger partial charge in [0, 0.05) is 18.0 Å². The van der Waals surface area contributed by atoms with E-state index in [9.17, 15) is 4.79 Å². The van der Waals surface area contributed by atoms with Crippen molar-refractivity contribution in [3.63, 3.8) is 0 Å². The highest BCUT2D eigenvalue weighted by Gasteiger charge is 2.13. The van der Waals surface area contributed by atoms with Gasteiger partial charge in [0.25, 0.3) is 5.91 Å². The minimum absolute atomic E-state index is 0.0560. The first kappa shape index (κ1) is 13.3. The van der Waals surface area contributed by atoms with Crippen molar-refractivity contribution in [1.29, 1.82) is 0 Å². The van der Waals surface area contributed by atoms with E-state index in [0.29, 0.717) is 5.56 Å². The van der Waals surface area contributed by atoms with Crippen LogP contribution in [0.1, 0.15) is 28.9 Å². The summed E-state index contributed by atoms with van der Waals surface area (Å²) in [4.78, 5) is 16.5. The number of benzene rings is 2. The summed E-state index contributed by atoms with van der Waals surface area (Å²) in [5.41, 5.74) is 1.74. The number of hydrogen-bond donors (Lipinski definition) is 1. The molecule has 104 valence electrons. The Morgan fingerprint density at radius 3 is 2.52 bits per heavy atom. The molecule has 0 radical (unpaired) electrons. The van der Waals surface area contributed by atoms with Crippen LogP contribution in [0, 0.1) is 0 Å². The monoisotopic (exact) mass is 276 g/mol. The number of nitrogens with zero attached hydrogens (tertiary/aromatic N) is 1. The number of rotatable bonds is 3. The van der Waals surface area contributed by atoms with Crippen molar-refractivity contribution in [3.8, 4) is 0 Å². The van der Waals surface area contributed by atoms with Crippen LogP contribution in [0.3, 0.4) is 0 Å². The molecule has 0 aliphatic heterocycles. The summed E-state index contributed by atoms with van der Waals surface area (Å²) in [5, 5.41) is 5.08. The van der Waals surface area contributed by atoms with Gasteiger partial charge in [0.1, 0.15) is 0 Å². The number of amides is 1. The van der Waals surface area contributed by atoms with Crippen molar-refractivity contribution in [2.24, 2.45) is 0 Å². The zero-order chi connectivity index (χ0) is 14.7. The normalized spacial score (nSPS) is 12.0. The minimum Gasteiger partial charge on any atom is -0.345 e. The maximum atomic E-state index is 12.5. The summed E-state index contributed by atoms with van der Waals surface area (Å²) in [6.07, 6.45) is 3.46. The third-order valence-electron chi connectivity index (χ3n) is 3.59. The van der Waals surface area contributed by atoms with E-state index in [1.165, 1.54) is 0 Å². The second-order valence-electron chi connectivity index (χ2n) is 5.00. The van der Waals surface area contributed by atoms with Gasteiger partial charge in [0.15, 0.2) is 0 Å². The number of nitrogens with one attached hydrogen (secondary N) is 1. The van der Waals surface area contributed by atoms with Crippen LogP contribution in [0.5, 0.6) is 0 Å². The van der Waals surface area contributed by atoms with Crippen molar-refractivity contribution in [3.05, 3.63) is 78.1 Å². The number of aromatic nitrogens is 1. The van der Waals surface area contributed by atoms with Gasteiger partial charge < -0.3 is 5.32 Å². The largest absolute Gasteiger partial charge is 0.345 e. The lowest BCUT2D eigenvalue weighted by Gasteiger charge is -2.15. The summed E-state index contributed by atoms with van der Waals surface area (Å²) < 4.78 is 0. The summed E-state index contributed by atoms with van der Waals surface area (Å²) in [7, 11) is 0. The first-order valence-electron chi connectivity index (χ1n) is 6.94. The highest BCUT2D eigenvalue weighted by molar-refractivity contribution is 6.07.